The van der Waals surface area contributed by atoms with Gasteiger partial charge in [-0.05, 0) is 45.4 Å². The molecule has 0 amide bonds. The van der Waals surface area contributed by atoms with Crippen LogP contribution in [0.1, 0.15) is 38.7 Å². The van der Waals surface area contributed by atoms with Crippen molar-refractivity contribution in [2.24, 2.45) is 5.73 Å². The fourth-order valence-corrected chi connectivity index (χ4v) is 2.19. The fourth-order valence-electron chi connectivity index (χ4n) is 2.19. The standard InChI is InChI=1S/C11H15FN2.C5H10O2/c12-10-4-2-1-3-8(10)9-5-6-14-7-11(9)13;1-5(2,3)7-4-6/h1-4,9,11,14H,5-7,13H2;4H,1-3H3. The number of nitrogens with one attached hydrogen (secondary N) is 1. The van der Waals surface area contributed by atoms with Gasteiger partial charge in [-0.3, -0.25) is 4.79 Å². The van der Waals surface area contributed by atoms with Gasteiger partial charge in [-0.25, -0.2) is 4.39 Å². The summed E-state index contributed by atoms with van der Waals surface area (Å²) in [6, 6.07) is 6.95. The van der Waals surface area contributed by atoms with Crippen molar-refractivity contribution in [2.45, 2.75) is 44.8 Å². The van der Waals surface area contributed by atoms with Crippen LogP contribution in [-0.2, 0) is 9.53 Å². The van der Waals surface area contributed by atoms with Crippen LogP contribution in [-0.4, -0.2) is 31.2 Å². The Kier molecular flexibility index (Phi) is 6.78. The predicted molar refractivity (Wildman–Crippen MR) is 81.5 cm³/mol. The molecule has 1 aliphatic heterocycles. The highest BCUT2D eigenvalue weighted by molar-refractivity contribution is 5.37. The third-order valence-corrected chi connectivity index (χ3v) is 3.24. The van der Waals surface area contributed by atoms with Crippen LogP contribution < -0.4 is 11.1 Å². The molecule has 0 radical (unpaired) electrons. The van der Waals surface area contributed by atoms with E-state index in [1.807, 2.05) is 32.9 Å². The zero-order valence-corrected chi connectivity index (χ0v) is 12.9. The summed E-state index contributed by atoms with van der Waals surface area (Å²) in [6.07, 6.45) is 0.919. The van der Waals surface area contributed by atoms with Gasteiger partial charge in [0.25, 0.3) is 6.47 Å². The van der Waals surface area contributed by atoms with Crippen molar-refractivity contribution in [1.29, 1.82) is 0 Å². The monoisotopic (exact) mass is 296 g/mol. The summed E-state index contributed by atoms with van der Waals surface area (Å²) in [4.78, 5) is 9.60. The molecule has 2 unspecified atom stereocenters. The lowest BCUT2D eigenvalue weighted by Crippen LogP contribution is -2.45. The topological polar surface area (TPSA) is 64.3 Å². The third kappa shape index (κ3) is 6.23. The van der Waals surface area contributed by atoms with Gasteiger partial charge in [0, 0.05) is 18.5 Å². The summed E-state index contributed by atoms with van der Waals surface area (Å²) in [5.74, 6) is 0.0345. The first-order valence-electron chi connectivity index (χ1n) is 7.17. The second-order valence-electron chi connectivity index (χ2n) is 6.11. The number of benzene rings is 1. The molecule has 1 fully saturated rings. The van der Waals surface area contributed by atoms with Crippen molar-refractivity contribution in [1.82, 2.24) is 5.32 Å². The van der Waals surface area contributed by atoms with E-state index in [2.05, 4.69) is 10.1 Å². The first kappa shape index (κ1) is 17.6. The van der Waals surface area contributed by atoms with Crippen LogP contribution in [0.4, 0.5) is 4.39 Å². The van der Waals surface area contributed by atoms with Gasteiger partial charge in [0.1, 0.15) is 11.4 Å². The van der Waals surface area contributed by atoms with E-state index in [1.54, 1.807) is 6.07 Å². The Morgan fingerprint density at radius 2 is 2.05 bits per heavy atom. The van der Waals surface area contributed by atoms with Gasteiger partial charge >= 0.3 is 0 Å². The molecule has 3 N–H and O–H groups in total. The fraction of sp³-hybridized carbons (Fsp3) is 0.562. The minimum atomic E-state index is -0.318. The summed E-state index contributed by atoms with van der Waals surface area (Å²) < 4.78 is 18.0. The molecule has 0 aliphatic carbocycles. The van der Waals surface area contributed by atoms with Crippen LogP contribution in [0.5, 0.6) is 0 Å². The molecule has 1 heterocycles. The Balaban J connectivity index is 0.000000270. The highest BCUT2D eigenvalue weighted by Crippen LogP contribution is 2.26. The number of halogens is 1. The third-order valence-electron chi connectivity index (χ3n) is 3.24. The quantitative estimate of drug-likeness (QED) is 0.821. The summed E-state index contributed by atoms with van der Waals surface area (Å²) in [5.41, 5.74) is 6.40. The van der Waals surface area contributed by atoms with Crippen LogP contribution in [0.2, 0.25) is 0 Å². The Morgan fingerprint density at radius 1 is 1.38 bits per heavy atom. The number of ether oxygens (including phenoxy) is 1. The Bertz CT molecular complexity index is 446. The van der Waals surface area contributed by atoms with E-state index in [4.69, 9.17) is 5.73 Å². The first-order valence-corrected chi connectivity index (χ1v) is 7.17. The van der Waals surface area contributed by atoms with Gasteiger partial charge in [-0.1, -0.05) is 18.2 Å². The molecule has 21 heavy (non-hydrogen) atoms. The van der Waals surface area contributed by atoms with Crippen LogP contribution in [0, 0.1) is 5.82 Å². The van der Waals surface area contributed by atoms with E-state index in [0.717, 1.165) is 25.1 Å². The molecule has 0 bridgehead atoms. The number of hydrogen-bond acceptors (Lipinski definition) is 4. The number of hydrogen-bond donors (Lipinski definition) is 2. The Hall–Kier alpha value is -1.46. The number of piperidine rings is 1. The largest absolute Gasteiger partial charge is 0.462 e. The van der Waals surface area contributed by atoms with E-state index >= 15 is 0 Å². The molecule has 1 aliphatic rings. The average molecular weight is 296 g/mol. The lowest BCUT2D eigenvalue weighted by molar-refractivity contribution is -0.138. The van der Waals surface area contributed by atoms with Crippen molar-refractivity contribution in [3.8, 4) is 0 Å². The molecule has 1 aromatic rings. The van der Waals surface area contributed by atoms with E-state index in [0.29, 0.717) is 6.47 Å². The van der Waals surface area contributed by atoms with Gasteiger partial charge in [0.05, 0.1) is 0 Å². The molecule has 5 heteroatoms. The van der Waals surface area contributed by atoms with Crippen molar-refractivity contribution < 1.29 is 13.9 Å². The lowest BCUT2D eigenvalue weighted by atomic mass is 9.86. The molecular formula is C16H25FN2O2. The van der Waals surface area contributed by atoms with Gasteiger partial charge in [0.2, 0.25) is 0 Å². The second-order valence-corrected chi connectivity index (χ2v) is 6.11. The molecular weight excluding hydrogens is 271 g/mol. The van der Waals surface area contributed by atoms with Gasteiger partial charge in [0.15, 0.2) is 0 Å². The van der Waals surface area contributed by atoms with Crippen molar-refractivity contribution >= 4 is 6.47 Å². The van der Waals surface area contributed by atoms with E-state index in [1.165, 1.54) is 6.07 Å². The van der Waals surface area contributed by atoms with Crippen molar-refractivity contribution in [2.75, 3.05) is 13.1 Å². The summed E-state index contributed by atoms with van der Waals surface area (Å²) in [7, 11) is 0. The van der Waals surface area contributed by atoms with Gasteiger partial charge in [-0.15, -0.1) is 0 Å². The minimum Gasteiger partial charge on any atom is -0.462 e. The number of rotatable bonds is 2. The van der Waals surface area contributed by atoms with Crippen LogP contribution in [0.15, 0.2) is 24.3 Å². The second kappa shape index (κ2) is 8.10. The maximum atomic E-state index is 13.5. The highest BCUT2D eigenvalue weighted by atomic mass is 19.1. The summed E-state index contributed by atoms with van der Waals surface area (Å²) in [6.45, 7) is 7.62. The molecule has 2 atom stereocenters. The molecule has 2 rings (SSSR count). The lowest BCUT2D eigenvalue weighted by Gasteiger charge is -2.29. The van der Waals surface area contributed by atoms with Crippen LogP contribution in [0.25, 0.3) is 0 Å². The van der Waals surface area contributed by atoms with E-state index < -0.39 is 0 Å². The molecule has 0 saturated carbocycles. The summed E-state index contributed by atoms with van der Waals surface area (Å²) in [5, 5.41) is 3.21. The van der Waals surface area contributed by atoms with Gasteiger partial charge < -0.3 is 15.8 Å². The molecule has 4 nitrogen and oxygen atoms in total. The Morgan fingerprint density at radius 3 is 2.52 bits per heavy atom. The summed E-state index contributed by atoms with van der Waals surface area (Å²) >= 11 is 0. The van der Waals surface area contributed by atoms with Crippen LogP contribution in [0.3, 0.4) is 0 Å². The number of carbonyl (C=O) groups excluding carboxylic acids is 1. The molecule has 1 saturated heterocycles. The van der Waals surface area contributed by atoms with Gasteiger partial charge in [-0.2, -0.15) is 0 Å². The maximum absolute atomic E-state index is 13.5. The normalized spacial score (nSPS) is 22.0. The van der Waals surface area contributed by atoms with Crippen LogP contribution >= 0.6 is 0 Å². The SMILES string of the molecule is CC(C)(C)OC=O.NC1CNCCC1c1ccccc1F. The smallest absolute Gasteiger partial charge is 0.293 e. The molecule has 0 aromatic heterocycles. The minimum absolute atomic E-state index is 0.0284. The zero-order valence-electron chi connectivity index (χ0n) is 12.9. The van der Waals surface area contributed by atoms with E-state index in [-0.39, 0.29) is 23.4 Å². The van der Waals surface area contributed by atoms with Crippen molar-refractivity contribution in [3.05, 3.63) is 35.6 Å². The Labute approximate surface area is 125 Å². The zero-order chi connectivity index (χ0) is 15.9. The maximum Gasteiger partial charge on any atom is 0.293 e. The number of nitrogens with two attached hydrogens (primary N) is 1. The predicted octanol–water partition coefficient (Wildman–Crippen LogP) is 2.19. The van der Waals surface area contributed by atoms with E-state index in [9.17, 15) is 9.18 Å². The average Bonchev–Trinajstić information content (AvgIpc) is 2.40. The molecule has 118 valence electrons. The first-order chi connectivity index (χ1) is 9.85. The molecule has 0 spiro atoms. The van der Waals surface area contributed by atoms with Crippen molar-refractivity contribution in [3.63, 3.8) is 0 Å². The highest BCUT2D eigenvalue weighted by Gasteiger charge is 2.24. The number of carbonyl (C=O) groups is 1. The molecule has 1 aromatic carbocycles.